The quantitative estimate of drug-likeness (QED) is 0.436. The molecule has 10 nitrogen and oxygen atoms in total. The molecule has 32 heavy (non-hydrogen) atoms. The highest BCUT2D eigenvalue weighted by Crippen LogP contribution is 2.14. The van der Waals surface area contributed by atoms with Gasteiger partial charge in [-0.15, -0.1) is 0 Å². The number of rotatable bonds is 11. The van der Waals surface area contributed by atoms with Gasteiger partial charge < -0.3 is 26.3 Å². The lowest BCUT2D eigenvalue weighted by Crippen LogP contribution is -2.42. The Labute approximate surface area is 186 Å². The number of nitrogens with one attached hydrogen (secondary N) is 1. The zero-order chi connectivity index (χ0) is 23.5. The Morgan fingerprint density at radius 2 is 1.72 bits per heavy atom. The standard InChI is InChI=1S/C22H29N5O5/c1-3-31-18(28)12-11-17(21(30)32-4-2)26-20(29)15-8-5-14(6-9-15)7-10-16-13-25-22(24)27-19(16)23/h5-6,8-9,13,17H,3-4,7,10-12H2,1-2H3,(H,26,29)(H4,23,24,25,27)/t17-/m0/s1. The Bertz CT molecular complexity index is 933. The molecule has 0 spiro atoms. The molecular formula is C22H29N5O5. The average Bonchev–Trinajstić information content (AvgIpc) is 2.76. The predicted molar refractivity (Wildman–Crippen MR) is 118 cm³/mol. The molecule has 0 aliphatic rings. The maximum atomic E-state index is 12.6. The van der Waals surface area contributed by atoms with E-state index in [0.29, 0.717) is 24.2 Å². The lowest BCUT2D eigenvalue weighted by Gasteiger charge is -2.17. The van der Waals surface area contributed by atoms with Gasteiger partial charge in [0.2, 0.25) is 5.95 Å². The van der Waals surface area contributed by atoms with Gasteiger partial charge in [-0.2, -0.15) is 4.98 Å². The normalized spacial score (nSPS) is 11.4. The number of amides is 1. The summed E-state index contributed by atoms with van der Waals surface area (Å²) in [6.45, 7) is 3.79. The molecule has 1 aromatic heterocycles. The van der Waals surface area contributed by atoms with E-state index in [0.717, 1.165) is 11.1 Å². The van der Waals surface area contributed by atoms with E-state index in [-0.39, 0.29) is 32.0 Å². The van der Waals surface area contributed by atoms with E-state index in [2.05, 4.69) is 15.3 Å². The molecule has 172 valence electrons. The van der Waals surface area contributed by atoms with E-state index in [9.17, 15) is 14.4 Å². The second-order valence-electron chi connectivity index (χ2n) is 6.96. The summed E-state index contributed by atoms with van der Waals surface area (Å²) in [6, 6.07) is 6.03. The summed E-state index contributed by atoms with van der Waals surface area (Å²) in [6.07, 6.45) is 2.98. The largest absolute Gasteiger partial charge is 0.466 e. The Hall–Kier alpha value is -3.69. The van der Waals surface area contributed by atoms with Crippen molar-refractivity contribution in [1.29, 1.82) is 0 Å². The van der Waals surface area contributed by atoms with Crippen molar-refractivity contribution in [2.45, 2.75) is 45.6 Å². The number of hydrogen-bond donors (Lipinski definition) is 3. The first-order chi connectivity index (χ1) is 15.3. The first-order valence-electron chi connectivity index (χ1n) is 10.4. The van der Waals surface area contributed by atoms with Gasteiger partial charge in [-0.3, -0.25) is 9.59 Å². The van der Waals surface area contributed by atoms with Gasteiger partial charge in [0.25, 0.3) is 5.91 Å². The fraction of sp³-hybridized carbons (Fsp3) is 0.409. The monoisotopic (exact) mass is 443 g/mol. The van der Waals surface area contributed by atoms with Gasteiger partial charge in [0.1, 0.15) is 11.9 Å². The van der Waals surface area contributed by atoms with E-state index < -0.39 is 23.9 Å². The van der Waals surface area contributed by atoms with Gasteiger partial charge in [-0.25, -0.2) is 9.78 Å². The van der Waals surface area contributed by atoms with Crippen molar-refractivity contribution in [3.05, 3.63) is 47.2 Å². The van der Waals surface area contributed by atoms with Crippen molar-refractivity contribution >= 4 is 29.6 Å². The second kappa shape index (κ2) is 12.2. The highest BCUT2D eigenvalue weighted by atomic mass is 16.5. The van der Waals surface area contributed by atoms with Crippen LogP contribution < -0.4 is 16.8 Å². The number of aryl methyl sites for hydroxylation is 2. The minimum Gasteiger partial charge on any atom is -0.466 e. The van der Waals surface area contributed by atoms with Gasteiger partial charge >= 0.3 is 11.9 Å². The second-order valence-corrected chi connectivity index (χ2v) is 6.96. The predicted octanol–water partition coefficient (Wildman–Crippen LogP) is 1.43. The van der Waals surface area contributed by atoms with Gasteiger partial charge in [0.15, 0.2) is 0 Å². The Morgan fingerprint density at radius 3 is 2.34 bits per heavy atom. The molecule has 0 saturated heterocycles. The Kier molecular flexibility index (Phi) is 9.40. The molecule has 5 N–H and O–H groups in total. The topological polar surface area (TPSA) is 160 Å². The van der Waals surface area contributed by atoms with Crippen molar-refractivity contribution < 1.29 is 23.9 Å². The van der Waals surface area contributed by atoms with Crippen molar-refractivity contribution in [3.63, 3.8) is 0 Å². The van der Waals surface area contributed by atoms with E-state index in [1.807, 2.05) is 12.1 Å². The zero-order valence-corrected chi connectivity index (χ0v) is 18.3. The molecule has 0 radical (unpaired) electrons. The number of carbonyl (C=O) groups is 3. The summed E-state index contributed by atoms with van der Waals surface area (Å²) >= 11 is 0. The summed E-state index contributed by atoms with van der Waals surface area (Å²) in [4.78, 5) is 44.3. The number of ether oxygens (including phenoxy) is 2. The number of benzene rings is 1. The molecule has 1 heterocycles. The first-order valence-corrected chi connectivity index (χ1v) is 10.4. The number of esters is 2. The number of anilines is 2. The van der Waals surface area contributed by atoms with E-state index in [4.69, 9.17) is 20.9 Å². The van der Waals surface area contributed by atoms with Crippen LogP contribution in [0.25, 0.3) is 0 Å². The van der Waals surface area contributed by atoms with Crippen LogP contribution in [-0.4, -0.2) is 47.1 Å². The van der Waals surface area contributed by atoms with Crippen molar-refractivity contribution in [2.24, 2.45) is 0 Å². The fourth-order valence-electron chi connectivity index (χ4n) is 2.96. The molecule has 0 fully saturated rings. The van der Waals surface area contributed by atoms with Crippen molar-refractivity contribution in [2.75, 3.05) is 24.7 Å². The number of nitrogens with two attached hydrogens (primary N) is 2. The van der Waals surface area contributed by atoms with Crippen LogP contribution in [0.5, 0.6) is 0 Å². The van der Waals surface area contributed by atoms with Gasteiger partial charge in [-0.1, -0.05) is 12.1 Å². The molecule has 0 saturated carbocycles. The molecule has 0 aliphatic heterocycles. The summed E-state index contributed by atoms with van der Waals surface area (Å²) in [7, 11) is 0. The SMILES string of the molecule is CCOC(=O)CC[C@H](NC(=O)c1ccc(CCc2cnc(N)nc2N)cc1)C(=O)OCC. The molecule has 1 amide bonds. The number of nitrogen functional groups attached to an aromatic ring is 2. The van der Waals surface area contributed by atoms with Crippen LogP contribution in [0, 0.1) is 0 Å². The molecule has 2 rings (SSSR count). The van der Waals surface area contributed by atoms with Crippen LogP contribution in [-0.2, 0) is 31.9 Å². The van der Waals surface area contributed by atoms with E-state index in [1.54, 1.807) is 32.2 Å². The summed E-state index contributed by atoms with van der Waals surface area (Å²) in [5.74, 6) is -0.987. The van der Waals surface area contributed by atoms with Crippen LogP contribution >= 0.6 is 0 Å². The molecule has 2 aromatic rings. The van der Waals surface area contributed by atoms with E-state index in [1.165, 1.54) is 0 Å². The fourth-order valence-corrected chi connectivity index (χ4v) is 2.96. The van der Waals surface area contributed by atoms with Crippen LogP contribution in [0.1, 0.15) is 48.2 Å². The maximum absolute atomic E-state index is 12.6. The summed E-state index contributed by atoms with van der Waals surface area (Å²) < 4.78 is 9.89. The first kappa shape index (κ1) is 24.6. The number of hydrogen-bond acceptors (Lipinski definition) is 9. The molecule has 1 atom stereocenters. The van der Waals surface area contributed by atoms with Crippen molar-refractivity contribution in [1.82, 2.24) is 15.3 Å². The van der Waals surface area contributed by atoms with Gasteiger partial charge in [0.05, 0.1) is 13.2 Å². The highest BCUT2D eigenvalue weighted by Gasteiger charge is 2.24. The average molecular weight is 444 g/mol. The lowest BCUT2D eigenvalue weighted by atomic mass is 10.0. The maximum Gasteiger partial charge on any atom is 0.328 e. The van der Waals surface area contributed by atoms with Crippen molar-refractivity contribution in [3.8, 4) is 0 Å². The summed E-state index contributed by atoms with van der Waals surface area (Å²) in [5, 5.41) is 2.64. The number of carbonyl (C=O) groups excluding carboxylic acids is 3. The molecule has 0 unspecified atom stereocenters. The highest BCUT2D eigenvalue weighted by molar-refractivity contribution is 5.96. The van der Waals surface area contributed by atoms with Crippen LogP contribution in [0.2, 0.25) is 0 Å². The molecule has 10 heteroatoms. The lowest BCUT2D eigenvalue weighted by molar-refractivity contribution is -0.146. The third kappa shape index (κ3) is 7.53. The smallest absolute Gasteiger partial charge is 0.328 e. The Balaban J connectivity index is 1.97. The third-order valence-electron chi connectivity index (χ3n) is 4.63. The minimum absolute atomic E-state index is 0.00544. The molecule has 0 aliphatic carbocycles. The third-order valence-corrected chi connectivity index (χ3v) is 4.63. The molecule has 1 aromatic carbocycles. The Morgan fingerprint density at radius 1 is 1.03 bits per heavy atom. The molecule has 0 bridgehead atoms. The van der Waals surface area contributed by atoms with Crippen LogP contribution in [0.15, 0.2) is 30.5 Å². The van der Waals surface area contributed by atoms with Crippen LogP contribution in [0.3, 0.4) is 0 Å². The molecular weight excluding hydrogens is 414 g/mol. The zero-order valence-electron chi connectivity index (χ0n) is 18.3. The number of aromatic nitrogens is 2. The minimum atomic E-state index is -0.944. The van der Waals surface area contributed by atoms with E-state index >= 15 is 0 Å². The van der Waals surface area contributed by atoms with Gasteiger partial charge in [0, 0.05) is 23.7 Å². The number of nitrogens with zero attached hydrogens (tertiary/aromatic N) is 2. The summed E-state index contributed by atoms with van der Waals surface area (Å²) in [5.41, 5.74) is 13.5. The van der Waals surface area contributed by atoms with Crippen LogP contribution in [0.4, 0.5) is 11.8 Å². The van der Waals surface area contributed by atoms with Gasteiger partial charge in [-0.05, 0) is 50.8 Å².